The van der Waals surface area contributed by atoms with Crippen molar-refractivity contribution in [2.45, 2.75) is 39.3 Å². The molecule has 0 aromatic heterocycles. The second-order valence-electron chi connectivity index (χ2n) is 3.73. The molecule has 2 atom stereocenters. The molecule has 0 aromatic rings. The van der Waals surface area contributed by atoms with Crippen LogP contribution in [0.2, 0.25) is 0 Å². The second-order valence-corrected chi connectivity index (χ2v) is 3.73. The van der Waals surface area contributed by atoms with Gasteiger partial charge in [0.15, 0.2) is 0 Å². The molecule has 0 aromatic carbocycles. The first-order valence-corrected chi connectivity index (χ1v) is 4.55. The van der Waals surface area contributed by atoms with Gasteiger partial charge in [-0.25, -0.2) is 0 Å². The molecule has 2 heteroatoms. The van der Waals surface area contributed by atoms with Gasteiger partial charge in [0, 0.05) is 19.2 Å². The zero-order valence-corrected chi connectivity index (χ0v) is 7.76. The van der Waals surface area contributed by atoms with E-state index in [0.29, 0.717) is 12.1 Å². The fraction of sp³-hybridized carbons (Fsp3) is 1.00. The van der Waals surface area contributed by atoms with Crippen LogP contribution in [0.15, 0.2) is 0 Å². The Bertz CT molecular complexity index is 114. The van der Waals surface area contributed by atoms with Crippen LogP contribution in [0.1, 0.15) is 27.2 Å². The first-order valence-electron chi connectivity index (χ1n) is 4.55. The van der Waals surface area contributed by atoms with Crippen LogP contribution in [0.4, 0.5) is 0 Å². The third kappa shape index (κ3) is 2.80. The Morgan fingerprint density at radius 2 is 2.18 bits per heavy atom. The lowest BCUT2D eigenvalue weighted by Crippen LogP contribution is -2.35. The van der Waals surface area contributed by atoms with Crippen molar-refractivity contribution in [1.29, 1.82) is 0 Å². The highest BCUT2D eigenvalue weighted by Gasteiger charge is 2.17. The fourth-order valence-corrected chi connectivity index (χ4v) is 1.44. The Morgan fingerprint density at radius 3 is 2.82 bits per heavy atom. The smallest absolute Gasteiger partial charge is 0.0671 e. The maximum atomic E-state index is 5.52. The predicted octanol–water partition coefficient (Wildman–Crippen LogP) is 1.41. The number of rotatable bonds is 1. The Hall–Kier alpha value is -0.0800. The number of ether oxygens (including phenoxy) is 1. The van der Waals surface area contributed by atoms with Gasteiger partial charge < -0.3 is 10.1 Å². The molecule has 66 valence electrons. The standard InChI is InChI=1S/C9H19NO/c1-7(2)9-4-5-11-8(3)6-10-9/h7-10H,4-6H2,1-3H3. The van der Waals surface area contributed by atoms with Gasteiger partial charge in [0.05, 0.1) is 6.10 Å². The van der Waals surface area contributed by atoms with Crippen LogP contribution in [-0.4, -0.2) is 25.3 Å². The first-order chi connectivity index (χ1) is 5.20. The van der Waals surface area contributed by atoms with E-state index in [-0.39, 0.29) is 0 Å². The molecule has 1 aliphatic heterocycles. The molecule has 1 fully saturated rings. The van der Waals surface area contributed by atoms with Gasteiger partial charge in [0.2, 0.25) is 0 Å². The largest absolute Gasteiger partial charge is 0.377 e. The van der Waals surface area contributed by atoms with Gasteiger partial charge in [0.1, 0.15) is 0 Å². The summed E-state index contributed by atoms with van der Waals surface area (Å²) in [6.45, 7) is 8.55. The summed E-state index contributed by atoms with van der Waals surface area (Å²) in [4.78, 5) is 0. The second kappa shape index (κ2) is 4.07. The van der Waals surface area contributed by atoms with Crippen molar-refractivity contribution in [2.24, 2.45) is 5.92 Å². The lowest BCUT2D eigenvalue weighted by atomic mass is 10.0. The summed E-state index contributed by atoms with van der Waals surface area (Å²) in [5, 5.41) is 3.51. The zero-order valence-electron chi connectivity index (χ0n) is 7.76. The van der Waals surface area contributed by atoms with Crippen LogP contribution in [0, 0.1) is 5.92 Å². The summed E-state index contributed by atoms with van der Waals surface area (Å²) in [7, 11) is 0. The van der Waals surface area contributed by atoms with Crippen molar-refractivity contribution in [1.82, 2.24) is 5.32 Å². The molecule has 0 radical (unpaired) electrons. The van der Waals surface area contributed by atoms with Crippen LogP contribution in [0.3, 0.4) is 0 Å². The van der Waals surface area contributed by atoms with Gasteiger partial charge in [-0.2, -0.15) is 0 Å². The third-order valence-corrected chi connectivity index (χ3v) is 2.30. The van der Waals surface area contributed by atoms with E-state index in [4.69, 9.17) is 4.74 Å². The van der Waals surface area contributed by atoms with Crippen molar-refractivity contribution in [2.75, 3.05) is 13.2 Å². The van der Waals surface area contributed by atoms with Gasteiger partial charge in [-0.3, -0.25) is 0 Å². The van der Waals surface area contributed by atoms with Crippen molar-refractivity contribution in [3.63, 3.8) is 0 Å². The zero-order chi connectivity index (χ0) is 8.27. The summed E-state index contributed by atoms with van der Waals surface area (Å²) >= 11 is 0. The van der Waals surface area contributed by atoms with Gasteiger partial charge in [-0.1, -0.05) is 13.8 Å². The molecule has 1 heterocycles. The van der Waals surface area contributed by atoms with Gasteiger partial charge in [-0.05, 0) is 19.3 Å². The average molecular weight is 157 g/mol. The molecule has 1 rings (SSSR count). The quantitative estimate of drug-likeness (QED) is 0.621. The van der Waals surface area contributed by atoms with E-state index < -0.39 is 0 Å². The Morgan fingerprint density at radius 1 is 1.45 bits per heavy atom. The Balaban J connectivity index is 2.34. The number of nitrogens with one attached hydrogen (secondary N) is 1. The summed E-state index contributed by atoms with van der Waals surface area (Å²) in [5.41, 5.74) is 0. The third-order valence-electron chi connectivity index (χ3n) is 2.30. The molecule has 2 nitrogen and oxygen atoms in total. The lowest BCUT2D eigenvalue weighted by Gasteiger charge is -2.18. The normalized spacial score (nSPS) is 33.8. The highest BCUT2D eigenvalue weighted by molar-refractivity contribution is 4.74. The minimum atomic E-state index is 0.388. The molecule has 1 saturated heterocycles. The molecule has 11 heavy (non-hydrogen) atoms. The van der Waals surface area contributed by atoms with E-state index in [2.05, 4.69) is 26.1 Å². The fourth-order valence-electron chi connectivity index (χ4n) is 1.44. The van der Waals surface area contributed by atoms with Crippen molar-refractivity contribution >= 4 is 0 Å². The minimum Gasteiger partial charge on any atom is -0.377 e. The van der Waals surface area contributed by atoms with Crippen LogP contribution in [-0.2, 0) is 4.74 Å². The van der Waals surface area contributed by atoms with Crippen LogP contribution in [0.5, 0.6) is 0 Å². The van der Waals surface area contributed by atoms with Crippen LogP contribution < -0.4 is 5.32 Å². The molecule has 1 N–H and O–H groups in total. The molecule has 0 spiro atoms. The summed E-state index contributed by atoms with van der Waals surface area (Å²) in [6, 6.07) is 0.653. The molecule has 0 amide bonds. The van der Waals surface area contributed by atoms with Gasteiger partial charge >= 0.3 is 0 Å². The first kappa shape index (κ1) is 9.01. The van der Waals surface area contributed by atoms with Crippen LogP contribution in [0.25, 0.3) is 0 Å². The van der Waals surface area contributed by atoms with E-state index >= 15 is 0 Å². The van der Waals surface area contributed by atoms with Gasteiger partial charge in [0.25, 0.3) is 0 Å². The van der Waals surface area contributed by atoms with Crippen LogP contribution >= 0.6 is 0 Å². The van der Waals surface area contributed by atoms with E-state index in [1.165, 1.54) is 0 Å². The molecule has 0 aliphatic carbocycles. The lowest BCUT2D eigenvalue weighted by molar-refractivity contribution is 0.0794. The Labute approximate surface area is 69.3 Å². The molecular weight excluding hydrogens is 138 g/mol. The predicted molar refractivity (Wildman–Crippen MR) is 46.7 cm³/mol. The molecule has 2 unspecified atom stereocenters. The van der Waals surface area contributed by atoms with Crippen molar-refractivity contribution in [3.05, 3.63) is 0 Å². The monoisotopic (exact) mass is 157 g/mol. The average Bonchev–Trinajstić information content (AvgIpc) is 2.13. The molecule has 0 saturated carbocycles. The van der Waals surface area contributed by atoms with E-state index in [1.807, 2.05) is 0 Å². The van der Waals surface area contributed by atoms with E-state index in [0.717, 1.165) is 25.5 Å². The highest BCUT2D eigenvalue weighted by atomic mass is 16.5. The summed E-state index contributed by atoms with van der Waals surface area (Å²) in [6.07, 6.45) is 1.54. The number of hydrogen-bond donors (Lipinski definition) is 1. The maximum Gasteiger partial charge on any atom is 0.0671 e. The highest BCUT2D eigenvalue weighted by Crippen LogP contribution is 2.10. The molecule has 1 aliphatic rings. The summed E-state index contributed by atoms with van der Waals surface area (Å²) in [5.74, 6) is 0.726. The SMILES string of the molecule is CC1CNC(C(C)C)CCO1. The van der Waals surface area contributed by atoms with E-state index in [9.17, 15) is 0 Å². The maximum absolute atomic E-state index is 5.52. The molecule has 0 bridgehead atoms. The topological polar surface area (TPSA) is 21.3 Å². The molecular formula is C9H19NO. The van der Waals surface area contributed by atoms with E-state index in [1.54, 1.807) is 0 Å². The Kier molecular flexibility index (Phi) is 3.34. The summed E-state index contributed by atoms with van der Waals surface area (Å²) < 4.78 is 5.52. The van der Waals surface area contributed by atoms with Gasteiger partial charge in [-0.15, -0.1) is 0 Å². The number of hydrogen-bond acceptors (Lipinski definition) is 2. The van der Waals surface area contributed by atoms with Crippen molar-refractivity contribution < 1.29 is 4.74 Å². The van der Waals surface area contributed by atoms with Crippen molar-refractivity contribution in [3.8, 4) is 0 Å². The minimum absolute atomic E-state index is 0.388.